The van der Waals surface area contributed by atoms with Gasteiger partial charge in [-0.05, 0) is 18.8 Å². The summed E-state index contributed by atoms with van der Waals surface area (Å²) in [5, 5.41) is 0. The first kappa shape index (κ1) is 9.76. The Morgan fingerprint density at radius 1 is 1.00 bits per heavy atom. The molecule has 70 valence electrons. The minimum absolute atomic E-state index is 0.711. The number of rotatable bonds is 0. The molecule has 0 bridgehead atoms. The molecule has 1 heteroatoms. The van der Waals surface area contributed by atoms with Gasteiger partial charge in [0.05, 0.1) is 0 Å². The molecular weight excluding hydrogens is 146 g/mol. The van der Waals surface area contributed by atoms with Crippen LogP contribution in [0.15, 0.2) is 4.99 Å². The lowest BCUT2D eigenvalue weighted by molar-refractivity contribution is 0.563. The van der Waals surface area contributed by atoms with Crippen LogP contribution in [0.2, 0.25) is 0 Å². The monoisotopic (exact) mass is 167 g/mol. The third kappa shape index (κ3) is 4.53. The molecule has 0 radical (unpaired) electrons. The number of aliphatic imine (C=N–C) groups is 1. The van der Waals surface area contributed by atoms with Crippen LogP contribution in [0.25, 0.3) is 0 Å². The van der Waals surface area contributed by atoms with E-state index in [9.17, 15) is 0 Å². The second kappa shape index (κ2) is 6.22. The lowest BCUT2D eigenvalue weighted by Crippen LogP contribution is -1.96. The standard InChI is InChI=1S/C11H21N/c1-11-8-6-4-2-3-5-7-9-12-10-11/h10-11H,2-9H2,1H3/b12-10-. The van der Waals surface area contributed by atoms with Gasteiger partial charge >= 0.3 is 0 Å². The molecule has 1 aliphatic rings. The van der Waals surface area contributed by atoms with Crippen LogP contribution < -0.4 is 0 Å². The van der Waals surface area contributed by atoms with Crippen LogP contribution in [0.5, 0.6) is 0 Å². The van der Waals surface area contributed by atoms with Gasteiger partial charge < -0.3 is 0 Å². The topological polar surface area (TPSA) is 12.4 Å². The third-order valence-corrected chi connectivity index (χ3v) is 2.56. The SMILES string of the molecule is CC1/C=N\CCCCCCCC1. The van der Waals surface area contributed by atoms with E-state index in [1.165, 1.54) is 44.9 Å². The molecular formula is C11H21N. The molecule has 0 N–H and O–H groups in total. The van der Waals surface area contributed by atoms with Crippen LogP contribution in [-0.4, -0.2) is 12.8 Å². The number of nitrogens with zero attached hydrogens (tertiary/aromatic N) is 1. The molecule has 0 aromatic rings. The molecule has 1 unspecified atom stereocenters. The van der Waals surface area contributed by atoms with Gasteiger partial charge in [-0.1, -0.05) is 39.0 Å². The largest absolute Gasteiger partial charge is 0.297 e. The molecule has 0 spiro atoms. The molecule has 12 heavy (non-hydrogen) atoms. The van der Waals surface area contributed by atoms with E-state index in [1.54, 1.807) is 0 Å². The molecule has 1 nitrogen and oxygen atoms in total. The van der Waals surface area contributed by atoms with E-state index in [0.29, 0.717) is 5.92 Å². The molecule has 0 aromatic heterocycles. The number of hydrogen-bond acceptors (Lipinski definition) is 1. The lowest BCUT2D eigenvalue weighted by atomic mass is 10.0. The predicted octanol–water partition coefficient (Wildman–Crippen LogP) is 3.44. The van der Waals surface area contributed by atoms with E-state index in [0.717, 1.165) is 6.54 Å². The normalized spacial score (nSPS) is 30.6. The van der Waals surface area contributed by atoms with Gasteiger partial charge in [0, 0.05) is 12.8 Å². The summed E-state index contributed by atoms with van der Waals surface area (Å²) in [7, 11) is 0. The van der Waals surface area contributed by atoms with Crippen molar-refractivity contribution in [1.82, 2.24) is 0 Å². The fourth-order valence-corrected chi connectivity index (χ4v) is 1.71. The van der Waals surface area contributed by atoms with Crippen molar-refractivity contribution in [2.75, 3.05) is 6.54 Å². The first-order valence-corrected chi connectivity index (χ1v) is 5.39. The Hall–Kier alpha value is -0.330. The maximum atomic E-state index is 4.43. The van der Waals surface area contributed by atoms with Gasteiger partial charge in [0.15, 0.2) is 0 Å². The van der Waals surface area contributed by atoms with Crippen LogP contribution in [0.1, 0.15) is 51.9 Å². The minimum Gasteiger partial charge on any atom is -0.297 e. The highest BCUT2D eigenvalue weighted by Crippen LogP contribution is 2.12. The van der Waals surface area contributed by atoms with E-state index in [4.69, 9.17) is 0 Å². The second-order valence-corrected chi connectivity index (χ2v) is 3.94. The average molecular weight is 167 g/mol. The lowest BCUT2D eigenvalue weighted by Gasteiger charge is -2.03. The Morgan fingerprint density at radius 3 is 2.50 bits per heavy atom. The Labute approximate surface area is 76.3 Å². The summed E-state index contributed by atoms with van der Waals surface area (Å²) in [6.45, 7) is 3.34. The molecule has 0 aliphatic carbocycles. The summed E-state index contributed by atoms with van der Waals surface area (Å²) in [6, 6.07) is 0. The van der Waals surface area contributed by atoms with Crippen molar-refractivity contribution in [3.63, 3.8) is 0 Å². The molecule has 0 saturated carbocycles. The van der Waals surface area contributed by atoms with Crippen LogP contribution in [0.3, 0.4) is 0 Å². The van der Waals surface area contributed by atoms with Crippen LogP contribution in [-0.2, 0) is 0 Å². The molecule has 0 aromatic carbocycles. The van der Waals surface area contributed by atoms with Crippen molar-refractivity contribution in [3.05, 3.63) is 0 Å². The summed E-state index contributed by atoms with van der Waals surface area (Å²) in [6.07, 6.45) is 11.9. The zero-order valence-corrected chi connectivity index (χ0v) is 8.26. The summed E-state index contributed by atoms with van der Waals surface area (Å²) >= 11 is 0. The van der Waals surface area contributed by atoms with Crippen molar-refractivity contribution in [3.8, 4) is 0 Å². The van der Waals surface area contributed by atoms with E-state index >= 15 is 0 Å². The van der Waals surface area contributed by atoms with Crippen LogP contribution in [0.4, 0.5) is 0 Å². The van der Waals surface area contributed by atoms with Crippen molar-refractivity contribution in [2.45, 2.75) is 51.9 Å². The zero-order valence-electron chi connectivity index (χ0n) is 8.26. The molecule has 1 aliphatic heterocycles. The van der Waals surface area contributed by atoms with E-state index in [1.807, 2.05) is 0 Å². The Balaban J connectivity index is 2.24. The van der Waals surface area contributed by atoms with Gasteiger partial charge in [0.2, 0.25) is 0 Å². The van der Waals surface area contributed by atoms with Gasteiger partial charge in [-0.2, -0.15) is 0 Å². The molecule has 0 saturated heterocycles. The third-order valence-electron chi connectivity index (χ3n) is 2.56. The van der Waals surface area contributed by atoms with Crippen molar-refractivity contribution in [2.24, 2.45) is 10.9 Å². The van der Waals surface area contributed by atoms with Crippen molar-refractivity contribution in [1.29, 1.82) is 0 Å². The van der Waals surface area contributed by atoms with Gasteiger partial charge in [0.25, 0.3) is 0 Å². The Morgan fingerprint density at radius 2 is 1.67 bits per heavy atom. The fraction of sp³-hybridized carbons (Fsp3) is 0.909. The zero-order chi connectivity index (χ0) is 8.65. The van der Waals surface area contributed by atoms with Crippen molar-refractivity contribution >= 4 is 6.21 Å². The quantitative estimate of drug-likeness (QED) is 0.524. The molecule has 0 amide bonds. The molecule has 1 atom stereocenters. The first-order valence-electron chi connectivity index (χ1n) is 5.39. The summed E-state index contributed by atoms with van der Waals surface area (Å²) in [5.41, 5.74) is 0. The average Bonchev–Trinajstić information content (AvgIpc) is 2.11. The maximum Gasteiger partial charge on any atom is 0.0385 e. The minimum atomic E-state index is 0.711. The van der Waals surface area contributed by atoms with Crippen LogP contribution in [0, 0.1) is 5.92 Å². The van der Waals surface area contributed by atoms with Gasteiger partial charge in [-0.15, -0.1) is 0 Å². The maximum absolute atomic E-state index is 4.43. The number of hydrogen-bond donors (Lipinski definition) is 0. The highest BCUT2D eigenvalue weighted by molar-refractivity contribution is 5.59. The highest BCUT2D eigenvalue weighted by Gasteiger charge is 1.99. The van der Waals surface area contributed by atoms with Crippen molar-refractivity contribution < 1.29 is 0 Å². The summed E-state index contributed by atoms with van der Waals surface area (Å²) in [4.78, 5) is 4.43. The van der Waals surface area contributed by atoms with Gasteiger partial charge in [-0.3, -0.25) is 4.99 Å². The van der Waals surface area contributed by atoms with E-state index in [2.05, 4.69) is 18.1 Å². The van der Waals surface area contributed by atoms with E-state index < -0.39 is 0 Å². The molecule has 0 fully saturated rings. The highest BCUT2D eigenvalue weighted by atomic mass is 14.7. The Kier molecular flexibility index (Phi) is 5.05. The van der Waals surface area contributed by atoms with E-state index in [-0.39, 0.29) is 0 Å². The van der Waals surface area contributed by atoms with Gasteiger partial charge in [-0.25, -0.2) is 0 Å². The molecule has 1 heterocycles. The predicted molar refractivity (Wildman–Crippen MR) is 54.8 cm³/mol. The first-order chi connectivity index (χ1) is 5.89. The van der Waals surface area contributed by atoms with Crippen LogP contribution >= 0.6 is 0 Å². The smallest absolute Gasteiger partial charge is 0.0385 e. The summed E-state index contributed by atoms with van der Waals surface area (Å²) in [5.74, 6) is 0.711. The second-order valence-electron chi connectivity index (χ2n) is 3.94. The molecule has 1 rings (SSSR count). The van der Waals surface area contributed by atoms with Gasteiger partial charge in [0.1, 0.15) is 0 Å². The fourth-order valence-electron chi connectivity index (χ4n) is 1.71. The Bertz CT molecular complexity index is 129. The summed E-state index contributed by atoms with van der Waals surface area (Å²) < 4.78 is 0.